The minimum atomic E-state index is -0.224. The van der Waals surface area contributed by atoms with Gasteiger partial charge >= 0.3 is 0 Å². The first-order chi connectivity index (χ1) is 10.3. The van der Waals surface area contributed by atoms with Crippen molar-refractivity contribution < 1.29 is 4.79 Å². The quantitative estimate of drug-likeness (QED) is 0.773. The molecule has 1 heterocycles. The van der Waals surface area contributed by atoms with Crippen LogP contribution in [0.15, 0.2) is 12.1 Å². The van der Waals surface area contributed by atoms with Gasteiger partial charge < -0.3 is 16.8 Å². The number of nitrogens with two attached hydrogens (primary N) is 2. The monoisotopic (exact) mass is 296 g/mol. The molecule has 0 aliphatic carbocycles. The molecule has 0 aliphatic rings. The van der Waals surface area contributed by atoms with Crippen molar-refractivity contribution in [3.05, 3.63) is 28.8 Å². The minimum Gasteiger partial charge on any atom is -0.382 e. The highest BCUT2D eigenvalue weighted by Gasteiger charge is 2.17. The summed E-state index contributed by atoms with van der Waals surface area (Å²) in [7, 11) is 0. The van der Waals surface area contributed by atoms with Gasteiger partial charge in [0.05, 0.1) is 11.4 Å². The van der Waals surface area contributed by atoms with Crippen LogP contribution in [0.5, 0.6) is 0 Å². The fraction of sp³-hybridized carbons (Fsp3) is 0.200. The van der Waals surface area contributed by atoms with Gasteiger partial charge in [-0.15, -0.1) is 0 Å². The van der Waals surface area contributed by atoms with Crippen molar-refractivity contribution in [2.45, 2.75) is 20.8 Å². The third-order valence-electron chi connectivity index (χ3n) is 3.27. The van der Waals surface area contributed by atoms with Gasteiger partial charge in [0.2, 0.25) is 11.9 Å². The molecule has 2 aromatic rings. The molecule has 5 N–H and O–H groups in total. The zero-order valence-corrected chi connectivity index (χ0v) is 12.6. The second-order valence-corrected chi connectivity index (χ2v) is 4.97. The van der Waals surface area contributed by atoms with Crippen molar-refractivity contribution in [2.75, 3.05) is 16.8 Å². The summed E-state index contributed by atoms with van der Waals surface area (Å²) in [5, 5.41) is 12.0. The summed E-state index contributed by atoms with van der Waals surface area (Å²) in [5.74, 6) is -0.242. The summed E-state index contributed by atoms with van der Waals surface area (Å²) in [5.41, 5.74) is 14.9. The Kier molecular flexibility index (Phi) is 3.95. The van der Waals surface area contributed by atoms with Crippen LogP contribution in [0, 0.1) is 25.2 Å². The molecule has 112 valence electrons. The predicted molar refractivity (Wildman–Crippen MR) is 84.8 cm³/mol. The normalized spacial score (nSPS) is 10.1. The topological polar surface area (TPSA) is 131 Å². The maximum absolute atomic E-state index is 11.4. The zero-order valence-electron chi connectivity index (χ0n) is 12.6. The van der Waals surface area contributed by atoms with E-state index in [1.54, 1.807) is 0 Å². The van der Waals surface area contributed by atoms with Gasteiger partial charge in [-0.25, -0.2) is 4.98 Å². The number of hydrogen-bond acceptors (Lipinski definition) is 6. The average molecular weight is 296 g/mol. The maximum Gasteiger partial charge on any atom is 0.222 e. The van der Waals surface area contributed by atoms with Crippen molar-refractivity contribution in [1.82, 2.24) is 9.97 Å². The number of nitrogens with one attached hydrogen (secondary N) is 1. The van der Waals surface area contributed by atoms with E-state index in [-0.39, 0.29) is 23.2 Å². The third kappa shape index (κ3) is 2.81. The molecule has 2 rings (SSSR count). The summed E-state index contributed by atoms with van der Waals surface area (Å²) in [4.78, 5) is 19.3. The van der Waals surface area contributed by atoms with Gasteiger partial charge in [-0.1, -0.05) is 0 Å². The van der Waals surface area contributed by atoms with Crippen LogP contribution in [-0.4, -0.2) is 15.9 Å². The van der Waals surface area contributed by atoms with Crippen LogP contribution in [0.3, 0.4) is 0 Å². The van der Waals surface area contributed by atoms with Crippen LogP contribution in [0.25, 0.3) is 11.3 Å². The van der Waals surface area contributed by atoms with E-state index in [0.717, 1.165) is 11.1 Å². The molecule has 0 saturated heterocycles. The van der Waals surface area contributed by atoms with Crippen molar-refractivity contribution in [3.8, 4) is 17.3 Å². The summed E-state index contributed by atoms with van der Waals surface area (Å²) in [6.07, 6.45) is 0. The molecule has 1 aromatic heterocycles. The van der Waals surface area contributed by atoms with Gasteiger partial charge in [0.1, 0.15) is 17.5 Å². The Balaban J connectivity index is 2.79. The summed E-state index contributed by atoms with van der Waals surface area (Å²) >= 11 is 0. The van der Waals surface area contributed by atoms with Gasteiger partial charge in [0, 0.05) is 12.5 Å². The molecule has 22 heavy (non-hydrogen) atoms. The molecule has 0 fully saturated rings. The molecular weight excluding hydrogens is 280 g/mol. The van der Waals surface area contributed by atoms with Gasteiger partial charge in [-0.3, -0.25) is 4.79 Å². The predicted octanol–water partition coefficient (Wildman–Crippen LogP) is 1.75. The molecule has 0 saturated carbocycles. The number of carbonyl (C=O) groups is 1. The third-order valence-corrected chi connectivity index (χ3v) is 3.27. The van der Waals surface area contributed by atoms with E-state index in [4.69, 9.17) is 11.5 Å². The molecule has 0 unspecified atom stereocenters. The SMILES string of the molecule is CC(=O)Nc1cc(C)c(C)cc1-c1nc(N)nc(N)c1C#N. The molecule has 7 heteroatoms. The summed E-state index contributed by atoms with van der Waals surface area (Å²) in [6.45, 7) is 5.27. The van der Waals surface area contributed by atoms with Crippen molar-refractivity contribution in [3.63, 3.8) is 0 Å². The largest absolute Gasteiger partial charge is 0.382 e. The molecule has 0 radical (unpaired) electrons. The zero-order chi connectivity index (χ0) is 16.4. The number of amides is 1. The smallest absolute Gasteiger partial charge is 0.222 e. The second kappa shape index (κ2) is 5.69. The standard InChI is InChI=1S/C15H16N6O/c1-7-4-10(12(5-8(7)2)19-9(3)22)13-11(6-16)14(17)21-15(18)20-13/h4-5H,1-3H3,(H,19,22)(H4,17,18,20,21). The summed E-state index contributed by atoms with van der Waals surface area (Å²) < 4.78 is 0. The minimum absolute atomic E-state index is 0.0111. The number of hydrogen-bond donors (Lipinski definition) is 3. The fourth-order valence-electron chi connectivity index (χ4n) is 2.11. The molecule has 7 nitrogen and oxygen atoms in total. The lowest BCUT2D eigenvalue weighted by molar-refractivity contribution is -0.114. The van der Waals surface area contributed by atoms with Gasteiger partial charge in [-0.05, 0) is 37.1 Å². The average Bonchev–Trinajstić information content (AvgIpc) is 2.41. The highest BCUT2D eigenvalue weighted by Crippen LogP contribution is 2.33. The Hall–Kier alpha value is -3.14. The Bertz CT molecular complexity index is 807. The van der Waals surface area contributed by atoms with Gasteiger partial charge in [0.15, 0.2) is 0 Å². The Labute approximate surface area is 128 Å². The van der Waals surface area contributed by atoms with E-state index in [1.807, 2.05) is 32.0 Å². The first kappa shape index (κ1) is 15.3. The molecule has 0 spiro atoms. The van der Waals surface area contributed by atoms with E-state index in [1.165, 1.54) is 6.92 Å². The highest BCUT2D eigenvalue weighted by atomic mass is 16.1. The number of nitriles is 1. The van der Waals surface area contributed by atoms with E-state index in [2.05, 4.69) is 15.3 Å². The first-order valence-corrected chi connectivity index (χ1v) is 6.55. The number of benzene rings is 1. The Morgan fingerprint density at radius 2 is 1.86 bits per heavy atom. The van der Waals surface area contributed by atoms with E-state index >= 15 is 0 Å². The molecule has 1 amide bonds. The van der Waals surface area contributed by atoms with Crippen LogP contribution in [0.2, 0.25) is 0 Å². The lowest BCUT2D eigenvalue weighted by Crippen LogP contribution is -2.10. The number of anilines is 3. The summed E-state index contributed by atoms with van der Waals surface area (Å²) in [6, 6.07) is 5.64. The van der Waals surface area contributed by atoms with E-state index in [0.29, 0.717) is 16.9 Å². The molecule has 0 aliphatic heterocycles. The highest BCUT2D eigenvalue weighted by molar-refractivity contribution is 5.95. The lowest BCUT2D eigenvalue weighted by Gasteiger charge is -2.14. The number of aryl methyl sites for hydroxylation is 2. The molecule has 0 bridgehead atoms. The second-order valence-electron chi connectivity index (χ2n) is 4.97. The fourth-order valence-corrected chi connectivity index (χ4v) is 2.11. The van der Waals surface area contributed by atoms with E-state index < -0.39 is 0 Å². The number of rotatable bonds is 2. The first-order valence-electron chi connectivity index (χ1n) is 6.55. The number of carbonyl (C=O) groups excluding carboxylic acids is 1. The van der Waals surface area contributed by atoms with Crippen LogP contribution < -0.4 is 16.8 Å². The Morgan fingerprint density at radius 1 is 1.23 bits per heavy atom. The number of nitrogen functional groups attached to an aromatic ring is 2. The molecular formula is C15H16N6O. The molecule has 0 atom stereocenters. The van der Waals surface area contributed by atoms with Gasteiger partial charge in [-0.2, -0.15) is 10.2 Å². The van der Waals surface area contributed by atoms with Crippen LogP contribution in [0.1, 0.15) is 23.6 Å². The van der Waals surface area contributed by atoms with E-state index in [9.17, 15) is 10.1 Å². The number of aromatic nitrogens is 2. The van der Waals surface area contributed by atoms with Crippen LogP contribution in [0.4, 0.5) is 17.5 Å². The van der Waals surface area contributed by atoms with Crippen molar-refractivity contribution in [2.24, 2.45) is 0 Å². The van der Waals surface area contributed by atoms with Crippen molar-refractivity contribution >= 4 is 23.4 Å². The Morgan fingerprint density at radius 3 is 2.45 bits per heavy atom. The number of nitrogens with zero attached hydrogens (tertiary/aromatic N) is 3. The van der Waals surface area contributed by atoms with Crippen LogP contribution >= 0.6 is 0 Å². The lowest BCUT2D eigenvalue weighted by atomic mass is 9.99. The van der Waals surface area contributed by atoms with Crippen molar-refractivity contribution in [1.29, 1.82) is 5.26 Å². The maximum atomic E-state index is 11.4. The van der Waals surface area contributed by atoms with Gasteiger partial charge in [0.25, 0.3) is 0 Å². The molecule has 1 aromatic carbocycles. The van der Waals surface area contributed by atoms with Crippen LogP contribution in [-0.2, 0) is 4.79 Å².